The summed E-state index contributed by atoms with van der Waals surface area (Å²) in [6.07, 6.45) is -1.86. The van der Waals surface area contributed by atoms with E-state index in [-0.39, 0.29) is 6.61 Å². The monoisotopic (exact) mass is 692 g/mol. The van der Waals surface area contributed by atoms with Crippen LogP contribution in [0.15, 0.2) is 133 Å². The highest BCUT2D eigenvalue weighted by molar-refractivity contribution is 6.31. The molecule has 1 N–H and O–H groups in total. The first-order valence-electron chi connectivity index (χ1n) is 17.2. The maximum Gasteiger partial charge on any atom is 0.119 e. The average molecular weight is 693 g/mol. The first-order chi connectivity index (χ1) is 24.5. The van der Waals surface area contributed by atoms with Crippen LogP contribution in [0.25, 0.3) is 0 Å². The second kappa shape index (κ2) is 17.3. The maximum atomic E-state index is 11.0. The summed E-state index contributed by atoms with van der Waals surface area (Å²) in [7, 11) is 0. The Morgan fingerprint density at radius 3 is 1.74 bits per heavy atom. The van der Waals surface area contributed by atoms with Gasteiger partial charge in [0.2, 0.25) is 0 Å². The van der Waals surface area contributed by atoms with Crippen LogP contribution in [0.1, 0.15) is 53.3 Å². The predicted octanol–water partition coefficient (Wildman–Crippen LogP) is 8.91. The van der Waals surface area contributed by atoms with Crippen LogP contribution in [0, 0.1) is 0 Å². The number of rotatable bonds is 15. The number of benzene rings is 5. The van der Waals surface area contributed by atoms with Crippen LogP contribution >= 0.6 is 11.6 Å². The van der Waals surface area contributed by atoms with Gasteiger partial charge in [0.15, 0.2) is 0 Å². The Morgan fingerprint density at radius 2 is 1.20 bits per heavy atom. The zero-order chi connectivity index (χ0) is 34.8. The van der Waals surface area contributed by atoms with Gasteiger partial charge in [-0.05, 0) is 71.8 Å². The summed E-state index contributed by atoms with van der Waals surface area (Å²) in [5, 5.41) is 11.7. The summed E-state index contributed by atoms with van der Waals surface area (Å²) in [4.78, 5) is 0. The van der Waals surface area contributed by atoms with Crippen molar-refractivity contribution in [3.8, 4) is 5.75 Å². The van der Waals surface area contributed by atoms with Crippen molar-refractivity contribution in [2.75, 3.05) is 13.2 Å². The molecule has 1 fully saturated rings. The molecule has 0 amide bonds. The van der Waals surface area contributed by atoms with Gasteiger partial charge in [0, 0.05) is 5.02 Å². The minimum atomic E-state index is -1.12. The van der Waals surface area contributed by atoms with Crippen LogP contribution in [0.2, 0.25) is 5.02 Å². The topological polar surface area (TPSA) is 66.4 Å². The maximum absolute atomic E-state index is 11.0. The molecule has 0 bridgehead atoms. The molecule has 1 heterocycles. The fourth-order valence-electron chi connectivity index (χ4n) is 6.43. The Labute approximate surface area is 300 Å². The summed E-state index contributed by atoms with van der Waals surface area (Å²) in [6, 6.07) is 44.1. The molecule has 0 saturated carbocycles. The van der Waals surface area contributed by atoms with E-state index in [1.165, 1.54) is 0 Å². The lowest BCUT2D eigenvalue weighted by atomic mass is 9.83. The van der Waals surface area contributed by atoms with Gasteiger partial charge in [-0.1, -0.05) is 127 Å². The van der Waals surface area contributed by atoms with Crippen molar-refractivity contribution < 1.29 is 28.8 Å². The van der Waals surface area contributed by atoms with Crippen LogP contribution < -0.4 is 4.74 Å². The molecule has 1 aliphatic rings. The van der Waals surface area contributed by atoms with E-state index in [1.54, 1.807) is 0 Å². The molecule has 6 rings (SSSR count). The number of ether oxygens (including phenoxy) is 5. The van der Waals surface area contributed by atoms with Crippen LogP contribution in [0.5, 0.6) is 5.75 Å². The van der Waals surface area contributed by atoms with Crippen molar-refractivity contribution in [3.05, 3.63) is 172 Å². The molecule has 0 spiro atoms. The molecular formula is C43H45ClO6. The van der Waals surface area contributed by atoms with Crippen molar-refractivity contribution in [2.24, 2.45) is 0 Å². The van der Waals surface area contributed by atoms with Crippen LogP contribution in [-0.4, -0.2) is 42.2 Å². The van der Waals surface area contributed by atoms with E-state index in [0.717, 1.165) is 39.1 Å². The quantitative estimate of drug-likeness (QED) is 0.118. The highest BCUT2D eigenvalue weighted by atomic mass is 35.5. The third-order valence-corrected chi connectivity index (χ3v) is 9.47. The molecule has 5 aromatic rings. The smallest absolute Gasteiger partial charge is 0.119 e. The van der Waals surface area contributed by atoms with Gasteiger partial charge < -0.3 is 28.8 Å². The lowest BCUT2D eigenvalue weighted by Gasteiger charge is -2.51. The Bertz CT molecular complexity index is 1750. The van der Waals surface area contributed by atoms with Crippen molar-refractivity contribution >= 4 is 11.6 Å². The highest BCUT2D eigenvalue weighted by Crippen LogP contribution is 2.43. The number of hydrogen-bond acceptors (Lipinski definition) is 6. The Morgan fingerprint density at radius 1 is 0.660 bits per heavy atom. The van der Waals surface area contributed by atoms with Gasteiger partial charge >= 0.3 is 0 Å². The SMILES string of the molecule is CCOc1ccc(Cc2cc(C3OC(C)(CO)C(OCc4ccccc4)C(OCc4ccccc4)C3OCc3ccccc3)ccc2Cl)cc1. The van der Waals surface area contributed by atoms with E-state index in [4.69, 9.17) is 35.3 Å². The second-order valence-corrected chi connectivity index (χ2v) is 13.3. The third kappa shape index (κ3) is 9.01. The van der Waals surface area contributed by atoms with Crippen LogP contribution in [0.4, 0.5) is 0 Å². The molecule has 0 radical (unpaired) electrons. The van der Waals surface area contributed by atoms with E-state index in [2.05, 4.69) is 18.2 Å². The van der Waals surface area contributed by atoms with Gasteiger partial charge in [0.25, 0.3) is 0 Å². The summed E-state index contributed by atoms with van der Waals surface area (Å²) < 4.78 is 32.9. The lowest BCUT2D eigenvalue weighted by molar-refractivity contribution is -0.306. The zero-order valence-electron chi connectivity index (χ0n) is 28.6. The molecule has 6 nitrogen and oxygen atoms in total. The summed E-state index contributed by atoms with van der Waals surface area (Å²) in [5.74, 6) is 0.832. The fourth-order valence-corrected chi connectivity index (χ4v) is 6.61. The summed E-state index contributed by atoms with van der Waals surface area (Å²) in [5.41, 5.74) is 4.87. The highest BCUT2D eigenvalue weighted by Gasteiger charge is 2.54. The molecular weight excluding hydrogens is 648 g/mol. The molecule has 0 aromatic heterocycles. The zero-order valence-corrected chi connectivity index (χ0v) is 29.4. The van der Waals surface area contributed by atoms with E-state index >= 15 is 0 Å². The lowest BCUT2D eigenvalue weighted by Crippen LogP contribution is -2.64. The molecule has 7 heteroatoms. The minimum absolute atomic E-state index is 0.286. The van der Waals surface area contributed by atoms with Crippen molar-refractivity contribution in [1.82, 2.24) is 0 Å². The first kappa shape index (κ1) is 35.8. The fraction of sp³-hybridized carbons (Fsp3) is 0.302. The van der Waals surface area contributed by atoms with E-state index in [1.807, 2.05) is 129 Å². The molecule has 260 valence electrons. The summed E-state index contributed by atoms with van der Waals surface area (Å²) >= 11 is 6.81. The van der Waals surface area contributed by atoms with Gasteiger partial charge in [-0.25, -0.2) is 0 Å². The Kier molecular flexibility index (Phi) is 12.4. The molecule has 0 aliphatic carbocycles. The molecule has 5 aromatic carbocycles. The second-order valence-electron chi connectivity index (χ2n) is 12.9. The van der Waals surface area contributed by atoms with E-state index in [0.29, 0.717) is 37.9 Å². The van der Waals surface area contributed by atoms with Gasteiger partial charge in [-0.2, -0.15) is 0 Å². The van der Waals surface area contributed by atoms with E-state index < -0.39 is 30.0 Å². The molecule has 5 unspecified atom stereocenters. The normalized spacial score (nSPS) is 21.9. The van der Waals surface area contributed by atoms with Crippen molar-refractivity contribution in [2.45, 2.75) is 70.1 Å². The minimum Gasteiger partial charge on any atom is -0.494 e. The Balaban J connectivity index is 1.37. The van der Waals surface area contributed by atoms with Crippen LogP contribution in [0.3, 0.4) is 0 Å². The Hall–Kier alpha value is -4.01. The van der Waals surface area contributed by atoms with Gasteiger partial charge in [0.05, 0.1) is 33.0 Å². The summed E-state index contributed by atoms with van der Waals surface area (Å²) in [6.45, 7) is 5.18. The first-order valence-corrected chi connectivity index (χ1v) is 17.6. The van der Waals surface area contributed by atoms with Crippen molar-refractivity contribution in [3.63, 3.8) is 0 Å². The average Bonchev–Trinajstić information content (AvgIpc) is 3.16. The molecule has 50 heavy (non-hydrogen) atoms. The number of aliphatic hydroxyl groups is 1. The molecule has 5 atom stereocenters. The number of aliphatic hydroxyl groups excluding tert-OH is 1. The van der Waals surface area contributed by atoms with Gasteiger partial charge in [0.1, 0.15) is 35.8 Å². The van der Waals surface area contributed by atoms with Crippen LogP contribution in [-0.2, 0) is 45.2 Å². The van der Waals surface area contributed by atoms with Gasteiger partial charge in [-0.15, -0.1) is 0 Å². The largest absolute Gasteiger partial charge is 0.494 e. The van der Waals surface area contributed by atoms with Crippen molar-refractivity contribution in [1.29, 1.82) is 0 Å². The molecule has 1 aliphatic heterocycles. The number of hydrogen-bond donors (Lipinski definition) is 1. The predicted molar refractivity (Wildman–Crippen MR) is 196 cm³/mol. The van der Waals surface area contributed by atoms with E-state index in [9.17, 15) is 5.11 Å². The standard InChI is InChI=1S/C43H45ClO6/c1-3-46-37-22-19-31(20-23-37)25-36-26-35(21-24-38(36)44)39-40(47-27-32-13-7-4-8-14-32)41(48-28-33-15-9-5-10-16-33)42(43(2,30-45)50-39)49-29-34-17-11-6-12-18-34/h4-24,26,39-42,45H,3,25,27-30H2,1-2H3. The third-order valence-electron chi connectivity index (χ3n) is 9.10. The molecule has 1 saturated heterocycles. The number of halogens is 1. The van der Waals surface area contributed by atoms with Gasteiger partial charge in [-0.3, -0.25) is 0 Å².